The maximum atomic E-state index is 12.4. The molecular weight excluding hydrogens is 306 g/mol. The van der Waals surface area contributed by atoms with Crippen molar-refractivity contribution in [1.29, 1.82) is 0 Å². The molecule has 4 rings (SSSR count). The van der Waals surface area contributed by atoms with Gasteiger partial charge in [-0.1, -0.05) is 18.2 Å². The molecule has 0 spiro atoms. The number of aromatic nitrogens is 1. The molecule has 1 N–H and O–H groups in total. The molecule has 5 nitrogen and oxygen atoms in total. The third-order valence-electron chi connectivity index (χ3n) is 4.13. The van der Waals surface area contributed by atoms with Gasteiger partial charge in [0.05, 0.1) is 5.52 Å². The summed E-state index contributed by atoms with van der Waals surface area (Å²) in [5.74, 6) is 0.156. The van der Waals surface area contributed by atoms with Gasteiger partial charge in [0.2, 0.25) is 0 Å². The fraction of sp³-hybridized carbons (Fsp3) is 0.158. The Morgan fingerprint density at radius 3 is 2.46 bits per heavy atom. The molecule has 1 saturated carbocycles. The highest BCUT2D eigenvalue weighted by atomic mass is 16.5. The van der Waals surface area contributed by atoms with Crippen LogP contribution in [0.3, 0.4) is 0 Å². The van der Waals surface area contributed by atoms with Crippen molar-refractivity contribution >= 4 is 16.9 Å². The summed E-state index contributed by atoms with van der Waals surface area (Å²) >= 11 is 0. The number of fused-ring (bicyclic) bond motifs is 1. The topological polar surface area (TPSA) is 68.5 Å². The molecule has 1 fully saturated rings. The van der Waals surface area contributed by atoms with Crippen LogP contribution in [-0.2, 0) is 0 Å². The van der Waals surface area contributed by atoms with Crippen LogP contribution in [0.2, 0.25) is 0 Å². The van der Waals surface area contributed by atoms with E-state index in [1.54, 1.807) is 22.8 Å². The minimum Gasteiger partial charge on any atom is -0.477 e. The Morgan fingerprint density at radius 2 is 1.79 bits per heavy atom. The number of para-hydroxylation sites is 1. The van der Waals surface area contributed by atoms with E-state index in [4.69, 9.17) is 4.74 Å². The monoisotopic (exact) mass is 321 g/mol. The average molecular weight is 321 g/mol. The van der Waals surface area contributed by atoms with Crippen molar-refractivity contribution in [1.82, 2.24) is 4.57 Å². The third kappa shape index (κ3) is 2.54. The maximum Gasteiger partial charge on any atom is 0.352 e. The molecule has 24 heavy (non-hydrogen) atoms. The Bertz CT molecular complexity index is 987. The number of aromatic carboxylic acids is 1. The van der Waals surface area contributed by atoms with E-state index in [0.717, 1.165) is 12.8 Å². The SMILES string of the molecule is O=C(O)c1cc(=O)c2cc(Oc3ccccc3)ccc2n1C1CC1. The van der Waals surface area contributed by atoms with Gasteiger partial charge in [-0.15, -0.1) is 0 Å². The average Bonchev–Trinajstić information content (AvgIpc) is 3.40. The first-order chi connectivity index (χ1) is 11.6. The van der Waals surface area contributed by atoms with E-state index in [9.17, 15) is 14.7 Å². The number of carboxylic acid groups (broad SMARTS) is 1. The molecule has 1 aliphatic carbocycles. The van der Waals surface area contributed by atoms with Crippen LogP contribution < -0.4 is 10.2 Å². The fourth-order valence-electron chi connectivity index (χ4n) is 2.90. The lowest BCUT2D eigenvalue weighted by Crippen LogP contribution is -2.17. The third-order valence-corrected chi connectivity index (χ3v) is 4.13. The summed E-state index contributed by atoms with van der Waals surface area (Å²) in [5.41, 5.74) is 0.382. The van der Waals surface area contributed by atoms with E-state index in [1.165, 1.54) is 6.07 Å². The Balaban J connectivity index is 1.86. The number of hydrogen-bond donors (Lipinski definition) is 1. The molecule has 1 aromatic heterocycles. The zero-order chi connectivity index (χ0) is 16.7. The van der Waals surface area contributed by atoms with E-state index >= 15 is 0 Å². The lowest BCUT2D eigenvalue weighted by Gasteiger charge is -2.14. The molecule has 2 aromatic carbocycles. The van der Waals surface area contributed by atoms with Gasteiger partial charge in [0.1, 0.15) is 17.2 Å². The van der Waals surface area contributed by atoms with Crippen molar-refractivity contribution in [3.63, 3.8) is 0 Å². The van der Waals surface area contributed by atoms with Crippen LogP contribution in [0.25, 0.3) is 10.9 Å². The quantitative estimate of drug-likeness (QED) is 0.793. The molecule has 0 aliphatic heterocycles. The van der Waals surface area contributed by atoms with Crippen LogP contribution in [0.4, 0.5) is 0 Å². The summed E-state index contributed by atoms with van der Waals surface area (Å²) in [6.45, 7) is 0. The summed E-state index contributed by atoms with van der Waals surface area (Å²) in [6.07, 6.45) is 1.86. The zero-order valence-electron chi connectivity index (χ0n) is 12.8. The van der Waals surface area contributed by atoms with Crippen molar-refractivity contribution in [3.8, 4) is 11.5 Å². The van der Waals surface area contributed by atoms with Crippen molar-refractivity contribution in [3.05, 3.63) is 70.5 Å². The fourth-order valence-corrected chi connectivity index (χ4v) is 2.90. The number of nitrogens with zero attached hydrogens (tertiary/aromatic N) is 1. The van der Waals surface area contributed by atoms with Crippen LogP contribution >= 0.6 is 0 Å². The van der Waals surface area contributed by atoms with Crippen LogP contribution in [0, 0.1) is 0 Å². The summed E-state index contributed by atoms with van der Waals surface area (Å²) in [6, 6.07) is 15.9. The van der Waals surface area contributed by atoms with Gasteiger partial charge in [-0.3, -0.25) is 4.79 Å². The summed E-state index contributed by atoms with van der Waals surface area (Å²) < 4.78 is 7.53. The van der Waals surface area contributed by atoms with Crippen molar-refractivity contribution in [2.75, 3.05) is 0 Å². The molecule has 0 unspecified atom stereocenters. The molecule has 0 saturated heterocycles. The number of pyridine rings is 1. The molecular formula is C19H15NO4. The minimum atomic E-state index is -1.08. The van der Waals surface area contributed by atoms with Gasteiger partial charge in [0.15, 0.2) is 5.43 Å². The maximum absolute atomic E-state index is 12.4. The Morgan fingerprint density at radius 1 is 1.04 bits per heavy atom. The number of carbonyl (C=O) groups is 1. The number of benzene rings is 2. The first-order valence-corrected chi connectivity index (χ1v) is 7.79. The molecule has 120 valence electrons. The Kier molecular flexibility index (Phi) is 3.34. The molecule has 0 radical (unpaired) electrons. The first kappa shape index (κ1) is 14.5. The number of ether oxygens (including phenoxy) is 1. The molecule has 0 bridgehead atoms. The standard InChI is InChI=1S/C19H15NO4/c21-18-11-17(19(22)23)20(12-6-7-12)16-9-8-14(10-15(16)18)24-13-4-2-1-3-5-13/h1-5,8-12H,6-7H2,(H,22,23). The van der Waals surface area contributed by atoms with Gasteiger partial charge >= 0.3 is 5.97 Å². The number of rotatable bonds is 4. The van der Waals surface area contributed by atoms with E-state index in [2.05, 4.69) is 0 Å². The highest BCUT2D eigenvalue weighted by molar-refractivity contribution is 5.91. The second kappa shape index (κ2) is 5.53. The van der Waals surface area contributed by atoms with Gasteiger partial charge in [0, 0.05) is 17.5 Å². The van der Waals surface area contributed by atoms with Crippen LogP contribution in [0.1, 0.15) is 29.4 Å². The van der Waals surface area contributed by atoms with Gasteiger partial charge in [0.25, 0.3) is 0 Å². The normalized spacial score (nSPS) is 13.8. The molecule has 0 atom stereocenters. The largest absolute Gasteiger partial charge is 0.477 e. The van der Waals surface area contributed by atoms with E-state index in [0.29, 0.717) is 22.4 Å². The van der Waals surface area contributed by atoms with Gasteiger partial charge in [-0.05, 0) is 43.2 Å². The lowest BCUT2D eigenvalue weighted by atomic mass is 10.1. The van der Waals surface area contributed by atoms with Gasteiger partial charge in [-0.25, -0.2) is 4.79 Å². The van der Waals surface area contributed by atoms with E-state index < -0.39 is 5.97 Å². The lowest BCUT2D eigenvalue weighted by molar-refractivity contribution is 0.0684. The number of carboxylic acids is 1. The van der Waals surface area contributed by atoms with E-state index in [-0.39, 0.29) is 17.2 Å². The highest BCUT2D eigenvalue weighted by Gasteiger charge is 2.29. The molecule has 1 heterocycles. The summed E-state index contributed by atoms with van der Waals surface area (Å²) in [5, 5.41) is 9.86. The zero-order valence-corrected chi connectivity index (χ0v) is 12.8. The molecule has 5 heteroatoms. The van der Waals surface area contributed by atoms with Gasteiger partial charge in [-0.2, -0.15) is 0 Å². The van der Waals surface area contributed by atoms with Crippen LogP contribution in [0.15, 0.2) is 59.4 Å². The summed E-state index contributed by atoms with van der Waals surface area (Å²) in [7, 11) is 0. The molecule has 3 aromatic rings. The van der Waals surface area contributed by atoms with Crippen LogP contribution in [0.5, 0.6) is 11.5 Å². The predicted molar refractivity (Wildman–Crippen MR) is 90.0 cm³/mol. The van der Waals surface area contributed by atoms with Crippen molar-refractivity contribution in [2.24, 2.45) is 0 Å². The predicted octanol–water partition coefficient (Wildman–Crippen LogP) is 3.83. The van der Waals surface area contributed by atoms with Crippen molar-refractivity contribution in [2.45, 2.75) is 18.9 Å². The first-order valence-electron chi connectivity index (χ1n) is 7.79. The Labute approximate surface area is 137 Å². The summed E-state index contributed by atoms with van der Waals surface area (Å²) in [4.78, 5) is 23.8. The van der Waals surface area contributed by atoms with Crippen molar-refractivity contribution < 1.29 is 14.6 Å². The highest BCUT2D eigenvalue weighted by Crippen LogP contribution is 2.38. The van der Waals surface area contributed by atoms with E-state index in [1.807, 2.05) is 30.3 Å². The second-order valence-corrected chi connectivity index (χ2v) is 5.89. The van der Waals surface area contributed by atoms with Crippen LogP contribution in [-0.4, -0.2) is 15.6 Å². The number of hydrogen-bond acceptors (Lipinski definition) is 3. The minimum absolute atomic E-state index is 0.0479. The molecule has 0 amide bonds. The van der Waals surface area contributed by atoms with Gasteiger partial charge < -0.3 is 14.4 Å². The molecule has 1 aliphatic rings. The smallest absolute Gasteiger partial charge is 0.352 e. The second-order valence-electron chi connectivity index (χ2n) is 5.89. The Hall–Kier alpha value is -3.08.